The van der Waals surface area contributed by atoms with Crippen LogP contribution in [-0.4, -0.2) is 42.2 Å². The molecule has 0 saturated heterocycles. The average Bonchev–Trinajstić information content (AvgIpc) is 2.82. The molecule has 0 unspecified atom stereocenters. The summed E-state index contributed by atoms with van der Waals surface area (Å²) in [6.45, 7) is 2.55. The van der Waals surface area contributed by atoms with Gasteiger partial charge < -0.3 is 10.9 Å². The van der Waals surface area contributed by atoms with Crippen LogP contribution < -0.4 is 6.15 Å². The van der Waals surface area contributed by atoms with Gasteiger partial charge in [-0.15, -0.1) is 0 Å². The van der Waals surface area contributed by atoms with E-state index in [2.05, 4.69) is 11.7 Å². The molecule has 3 N–H and O–H groups in total. The Bertz CT molecular complexity index is 646. The smallest absolute Gasteiger partial charge is 0.410 e. The number of carbonyl (C=O) groups excluding carboxylic acids is 1. The Morgan fingerprint density at radius 2 is 0.895 bits per heavy atom. The number of esters is 1. The SMILES string of the molecule is CCCCCCCCCCCCCCCOC(=O)C(F)(F)C(F)(F)C(F)(F)C(F)(F)C(F)(F)CCCC.N. The summed E-state index contributed by atoms with van der Waals surface area (Å²) in [4.78, 5) is 11.4. The van der Waals surface area contributed by atoms with Gasteiger partial charge in [-0.25, -0.2) is 4.79 Å². The maximum absolute atomic E-state index is 13.8. The van der Waals surface area contributed by atoms with E-state index in [9.17, 15) is 48.7 Å². The van der Waals surface area contributed by atoms with E-state index in [-0.39, 0.29) is 19.0 Å². The van der Waals surface area contributed by atoms with E-state index in [0.29, 0.717) is 12.8 Å². The van der Waals surface area contributed by atoms with Crippen LogP contribution in [0.4, 0.5) is 43.9 Å². The maximum atomic E-state index is 13.8. The van der Waals surface area contributed by atoms with Crippen molar-refractivity contribution in [2.24, 2.45) is 0 Å². The summed E-state index contributed by atoms with van der Waals surface area (Å²) in [6.07, 6.45) is 9.08. The van der Waals surface area contributed by atoms with E-state index < -0.39 is 55.0 Å². The van der Waals surface area contributed by atoms with Crippen LogP contribution in [0.2, 0.25) is 0 Å². The Balaban J connectivity index is 0. The summed E-state index contributed by atoms with van der Waals surface area (Å²) in [5.74, 6) is -36.6. The van der Waals surface area contributed by atoms with Crippen LogP contribution in [0.25, 0.3) is 0 Å². The Morgan fingerprint density at radius 1 is 0.526 bits per heavy atom. The van der Waals surface area contributed by atoms with Crippen LogP contribution >= 0.6 is 0 Å². The van der Waals surface area contributed by atoms with Crippen molar-refractivity contribution in [3.05, 3.63) is 0 Å². The number of halogens is 10. The molecule has 0 aromatic heterocycles. The third-order valence-electron chi connectivity index (χ3n) is 6.22. The van der Waals surface area contributed by atoms with Gasteiger partial charge in [0.25, 0.3) is 0 Å². The van der Waals surface area contributed by atoms with Gasteiger partial charge in [-0.05, 0) is 12.8 Å². The highest BCUT2D eigenvalue weighted by Crippen LogP contribution is 2.58. The maximum Gasteiger partial charge on any atom is 0.410 e. The van der Waals surface area contributed by atoms with Crippen molar-refractivity contribution in [1.82, 2.24) is 6.15 Å². The average molecular weight is 580 g/mol. The van der Waals surface area contributed by atoms with Gasteiger partial charge in [0.15, 0.2) is 0 Å². The minimum absolute atomic E-state index is 0. The van der Waals surface area contributed by atoms with Gasteiger partial charge in [0.05, 0.1) is 6.61 Å². The number of carbonyl (C=O) groups is 1. The number of rotatable bonds is 22. The first-order chi connectivity index (χ1) is 17.0. The van der Waals surface area contributed by atoms with Gasteiger partial charge in [0, 0.05) is 6.42 Å². The minimum Gasteiger partial charge on any atom is -0.461 e. The Morgan fingerprint density at radius 3 is 1.29 bits per heavy atom. The zero-order valence-corrected chi connectivity index (χ0v) is 22.3. The second-order valence-electron chi connectivity index (χ2n) is 9.48. The lowest BCUT2D eigenvalue weighted by Gasteiger charge is -2.38. The van der Waals surface area contributed by atoms with E-state index in [1.165, 1.54) is 39.0 Å². The number of ether oxygens (including phenoxy) is 1. The number of alkyl halides is 10. The zero-order valence-electron chi connectivity index (χ0n) is 22.3. The fourth-order valence-corrected chi connectivity index (χ4v) is 3.68. The fourth-order valence-electron chi connectivity index (χ4n) is 3.68. The molecule has 13 heteroatoms. The first-order valence-electron chi connectivity index (χ1n) is 13.1. The molecule has 0 bridgehead atoms. The summed E-state index contributed by atoms with van der Waals surface area (Å²) in [6, 6.07) is 0. The lowest BCUT2D eigenvalue weighted by atomic mass is 9.92. The van der Waals surface area contributed by atoms with Gasteiger partial charge in [-0.3, -0.25) is 0 Å². The topological polar surface area (TPSA) is 61.3 Å². The molecular formula is C25H43F10NO2. The molecule has 38 heavy (non-hydrogen) atoms. The summed E-state index contributed by atoms with van der Waals surface area (Å²) in [5.41, 5.74) is 0. The summed E-state index contributed by atoms with van der Waals surface area (Å²) >= 11 is 0. The summed E-state index contributed by atoms with van der Waals surface area (Å²) in [5, 5.41) is 0. The molecule has 0 heterocycles. The first-order valence-corrected chi connectivity index (χ1v) is 13.1. The standard InChI is InChI=1S/C25H40F10O2.H3N/c1-3-5-7-8-9-10-11-12-13-14-15-16-17-19-37-20(36)22(28,29)24(32,33)25(34,35)23(30,31)21(26,27)18-6-4-2;/h3-19H2,1-2H3;1H3. The second kappa shape index (κ2) is 17.4. The van der Waals surface area contributed by atoms with E-state index in [4.69, 9.17) is 0 Å². The number of hydrogen-bond acceptors (Lipinski definition) is 3. The largest absolute Gasteiger partial charge is 0.461 e. The summed E-state index contributed by atoms with van der Waals surface area (Å²) < 4.78 is 141. The van der Waals surface area contributed by atoms with Crippen molar-refractivity contribution in [3.8, 4) is 0 Å². The van der Waals surface area contributed by atoms with Crippen molar-refractivity contribution in [1.29, 1.82) is 0 Å². The molecule has 0 saturated carbocycles. The van der Waals surface area contributed by atoms with Crippen molar-refractivity contribution >= 4 is 5.97 Å². The Kier molecular flexibility index (Phi) is 17.8. The molecule has 230 valence electrons. The van der Waals surface area contributed by atoms with Crippen molar-refractivity contribution in [2.75, 3.05) is 6.61 Å². The highest BCUT2D eigenvalue weighted by molar-refractivity contribution is 5.79. The molecule has 0 aliphatic rings. The van der Waals surface area contributed by atoms with E-state index >= 15 is 0 Å². The van der Waals surface area contributed by atoms with Crippen LogP contribution in [-0.2, 0) is 9.53 Å². The molecule has 0 rings (SSSR count). The lowest BCUT2D eigenvalue weighted by molar-refractivity contribution is -0.397. The highest BCUT2D eigenvalue weighted by atomic mass is 19.4. The van der Waals surface area contributed by atoms with E-state index in [1.54, 1.807) is 0 Å². The van der Waals surface area contributed by atoms with Crippen LogP contribution in [0.15, 0.2) is 0 Å². The molecule has 0 aliphatic carbocycles. The molecule has 0 spiro atoms. The van der Waals surface area contributed by atoms with Crippen molar-refractivity contribution < 1.29 is 53.4 Å². The van der Waals surface area contributed by atoms with Gasteiger partial charge in [-0.1, -0.05) is 97.3 Å². The fraction of sp³-hybridized carbons (Fsp3) is 0.960. The monoisotopic (exact) mass is 579 g/mol. The van der Waals surface area contributed by atoms with E-state index in [1.807, 2.05) is 0 Å². The molecule has 0 aliphatic heterocycles. The third kappa shape index (κ3) is 10.4. The Labute approximate surface area is 219 Å². The second-order valence-corrected chi connectivity index (χ2v) is 9.48. The third-order valence-corrected chi connectivity index (χ3v) is 6.22. The quantitative estimate of drug-likeness (QED) is 0.0789. The molecule has 0 aromatic carbocycles. The molecule has 0 atom stereocenters. The number of hydrogen-bond donors (Lipinski definition) is 1. The normalized spacial score (nSPS) is 13.4. The van der Waals surface area contributed by atoms with Crippen LogP contribution in [0.1, 0.15) is 117 Å². The molecule has 0 radical (unpaired) electrons. The van der Waals surface area contributed by atoms with Gasteiger partial charge in [0.1, 0.15) is 0 Å². The van der Waals surface area contributed by atoms with Crippen LogP contribution in [0.3, 0.4) is 0 Å². The van der Waals surface area contributed by atoms with Gasteiger partial charge >= 0.3 is 35.6 Å². The highest BCUT2D eigenvalue weighted by Gasteiger charge is 2.87. The zero-order chi connectivity index (χ0) is 28.8. The first kappa shape index (κ1) is 38.9. The van der Waals surface area contributed by atoms with Gasteiger partial charge in [-0.2, -0.15) is 43.9 Å². The van der Waals surface area contributed by atoms with Crippen LogP contribution in [0.5, 0.6) is 0 Å². The van der Waals surface area contributed by atoms with E-state index in [0.717, 1.165) is 32.1 Å². The molecule has 0 aromatic rings. The number of unbranched alkanes of at least 4 members (excludes halogenated alkanes) is 13. The summed E-state index contributed by atoms with van der Waals surface area (Å²) in [7, 11) is 0. The molecule has 3 nitrogen and oxygen atoms in total. The van der Waals surface area contributed by atoms with Gasteiger partial charge in [0.2, 0.25) is 0 Å². The van der Waals surface area contributed by atoms with Crippen molar-refractivity contribution in [2.45, 2.75) is 146 Å². The molecule has 0 amide bonds. The molecular weight excluding hydrogens is 536 g/mol. The Hall–Kier alpha value is -1.27. The lowest BCUT2D eigenvalue weighted by Crippen LogP contribution is -2.68. The van der Waals surface area contributed by atoms with Crippen LogP contribution in [0, 0.1) is 0 Å². The minimum atomic E-state index is -7.24. The predicted molar refractivity (Wildman–Crippen MR) is 126 cm³/mol. The predicted octanol–water partition coefficient (Wildman–Crippen LogP) is 10.1. The molecule has 0 fully saturated rings. The van der Waals surface area contributed by atoms with Crippen molar-refractivity contribution in [3.63, 3.8) is 0 Å².